The van der Waals surface area contributed by atoms with Gasteiger partial charge >= 0.3 is 0 Å². The molecular weight excluding hydrogens is 300 g/mol. The van der Waals surface area contributed by atoms with Crippen LogP contribution in [0.5, 0.6) is 0 Å². The van der Waals surface area contributed by atoms with Crippen LogP contribution in [-0.2, 0) is 14.3 Å². The molecule has 1 heterocycles. The number of epoxide rings is 1. The minimum Gasteiger partial charge on any atom is -0.364 e. The molecule has 5 aliphatic rings. The van der Waals surface area contributed by atoms with Crippen molar-refractivity contribution in [1.29, 1.82) is 0 Å². The highest BCUT2D eigenvalue weighted by molar-refractivity contribution is 6.01. The summed E-state index contributed by atoms with van der Waals surface area (Å²) in [6.07, 6.45) is 11.3. The topological polar surface area (TPSA) is 46.7 Å². The largest absolute Gasteiger partial charge is 0.364 e. The van der Waals surface area contributed by atoms with Gasteiger partial charge in [-0.05, 0) is 75.4 Å². The van der Waals surface area contributed by atoms with Crippen molar-refractivity contribution in [2.24, 2.45) is 28.6 Å². The van der Waals surface area contributed by atoms with Crippen molar-refractivity contribution in [3.05, 3.63) is 23.8 Å². The number of ketones is 2. The van der Waals surface area contributed by atoms with E-state index in [4.69, 9.17) is 4.74 Å². The van der Waals surface area contributed by atoms with Gasteiger partial charge in [0.1, 0.15) is 11.4 Å². The second-order valence-corrected chi connectivity index (χ2v) is 9.21. The van der Waals surface area contributed by atoms with Crippen molar-refractivity contribution in [3.63, 3.8) is 0 Å². The predicted molar refractivity (Wildman–Crippen MR) is 90.3 cm³/mol. The van der Waals surface area contributed by atoms with Crippen molar-refractivity contribution >= 4 is 11.6 Å². The van der Waals surface area contributed by atoms with E-state index in [0.717, 1.165) is 32.1 Å². The van der Waals surface area contributed by atoms with Crippen LogP contribution in [0.15, 0.2) is 23.8 Å². The van der Waals surface area contributed by atoms with Crippen LogP contribution < -0.4 is 0 Å². The van der Waals surface area contributed by atoms with E-state index in [2.05, 4.69) is 19.9 Å². The van der Waals surface area contributed by atoms with Crippen molar-refractivity contribution in [2.75, 3.05) is 0 Å². The number of ether oxygens (including phenoxy) is 1. The van der Waals surface area contributed by atoms with E-state index in [0.29, 0.717) is 17.6 Å². The Hall–Kier alpha value is -1.22. The molecule has 0 aromatic heterocycles. The lowest BCUT2D eigenvalue weighted by Gasteiger charge is -2.54. The molecule has 0 bridgehead atoms. The fourth-order valence-electron chi connectivity index (χ4n) is 7.31. The van der Waals surface area contributed by atoms with Gasteiger partial charge < -0.3 is 4.74 Å². The summed E-state index contributed by atoms with van der Waals surface area (Å²) in [7, 11) is 0. The van der Waals surface area contributed by atoms with Crippen LogP contribution in [-0.4, -0.2) is 23.3 Å². The molecule has 3 heteroatoms. The van der Waals surface area contributed by atoms with Crippen LogP contribution in [0.1, 0.15) is 52.9 Å². The summed E-state index contributed by atoms with van der Waals surface area (Å²) < 4.78 is 6.49. The molecule has 0 amide bonds. The first-order chi connectivity index (χ1) is 11.3. The Morgan fingerprint density at radius 2 is 2.00 bits per heavy atom. The molecule has 3 saturated carbocycles. The van der Waals surface area contributed by atoms with Crippen LogP contribution in [0.4, 0.5) is 0 Å². The van der Waals surface area contributed by atoms with Crippen molar-refractivity contribution in [2.45, 2.75) is 64.6 Å². The van der Waals surface area contributed by atoms with Crippen molar-refractivity contribution in [1.82, 2.24) is 0 Å². The van der Waals surface area contributed by atoms with Crippen LogP contribution in [0.25, 0.3) is 0 Å². The second kappa shape index (κ2) is 4.30. The molecule has 0 N–H and O–H groups in total. The zero-order chi connectivity index (χ0) is 16.9. The number of hydrogen-bond donors (Lipinski definition) is 0. The molecule has 1 spiro atoms. The maximum atomic E-state index is 12.2. The Bertz CT molecular complexity index is 719. The van der Waals surface area contributed by atoms with Gasteiger partial charge in [0.05, 0.1) is 6.10 Å². The fraction of sp³-hybridized carbons (Fsp3) is 0.714. The molecule has 0 aromatic rings. The molecule has 5 rings (SSSR count). The molecule has 6 unspecified atom stereocenters. The maximum Gasteiger partial charge on any atom is 0.178 e. The van der Waals surface area contributed by atoms with Crippen molar-refractivity contribution in [3.8, 4) is 0 Å². The van der Waals surface area contributed by atoms with Gasteiger partial charge in [-0.3, -0.25) is 9.59 Å². The lowest BCUT2D eigenvalue weighted by Crippen LogP contribution is -2.56. The minimum absolute atomic E-state index is 0.104. The van der Waals surface area contributed by atoms with Crippen LogP contribution in [0, 0.1) is 28.6 Å². The van der Waals surface area contributed by atoms with Crippen LogP contribution in [0.3, 0.4) is 0 Å². The van der Waals surface area contributed by atoms with Gasteiger partial charge in [-0.15, -0.1) is 0 Å². The minimum atomic E-state index is -0.135. The number of fused-ring (bicyclic) bond motifs is 3. The smallest absolute Gasteiger partial charge is 0.178 e. The number of Topliss-reactive ketones (excluding diaryl/α,β-unsaturated/α-hetero) is 1. The van der Waals surface area contributed by atoms with Crippen LogP contribution in [0.2, 0.25) is 0 Å². The number of carbonyl (C=O) groups excluding carboxylic acids is 2. The quantitative estimate of drug-likeness (QED) is 0.691. The van der Waals surface area contributed by atoms with Gasteiger partial charge in [0.15, 0.2) is 5.78 Å². The molecule has 7 atom stereocenters. The molecular formula is C21H26O3. The molecule has 24 heavy (non-hydrogen) atoms. The van der Waals surface area contributed by atoms with Gasteiger partial charge in [0.25, 0.3) is 0 Å². The molecule has 3 nitrogen and oxygen atoms in total. The van der Waals surface area contributed by atoms with E-state index in [9.17, 15) is 9.59 Å². The van der Waals surface area contributed by atoms with Gasteiger partial charge in [-0.1, -0.05) is 18.6 Å². The average molecular weight is 326 g/mol. The second-order valence-electron chi connectivity index (χ2n) is 9.21. The molecule has 1 saturated heterocycles. The molecule has 4 fully saturated rings. The Morgan fingerprint density at radius 3 is 2.75 bits per heavy atom. The molecule has 1 aliphatic heterocycles. The van der Waals surface area contributed by atoms with Crippen LogP contribution >= 0.6 is 0 Å². The standard InChI is InChI=1S/C21H26O3/c1-12(22)15-6-7-16-17-5-4-13-10-14(23)8-9-20(13,3)21(17)18(24-21)11-19(15,16)2/h8-10,15-18H,4-7,11H2,1-3H3/t15?,16?,17?,18-,19?,20?,21?/m0/s1. The maximum absolute atomic E-state index is 12.2. The predicted octanol–water partition coefficient (Wildman–Crippen LogP) is 3.63. The van der Waals surface area contributed by atoms with Crippen molar-refractivity contribution < 1.29 is 14.3 Å². The molecule has 128 valence electrons. The molecule has 4 aliphatic carbocycles. The third-order valence-corrected chi connectivity index (χ3v) is 8.42. The van der Waals surface area contributed by atoms with E-state index < -0.39 is 0 Å². The Balaban J connectivity index is 1.58. The van der Waals surface area contributed by atoms with E-state index in [1.165, 1.54) is 5.57 Å². The van der Waals surface area contributed by atoms with Gasteiger partial charge in [-0.25, -0.2) is 0 Å². The number of carbonyl (C=O) groups is 2. The van der Waals surface area contributed by atoms with Gasteiger partial charge in [0, 0.05) is 11.3 Å². The zero-order valence-corrected chi connectivity index (χ0v) is 14.8. The summed E-state index contributed by atoms with van der Waals surface area (Å²) in [5, 5.41) is 0. The first-order valence-corrected chi connectivity index (χ1v) is 9.45. The number of allylic oxidation sites excluding steroid dienone is 2. The van der Waals surface area contributed by atoms with Gasteiger partial charge in [-0.2, -0.15) is 0 Å². The summed E-state index contributed by atoms with van der Waals surface area (Å²) in [5.74, 6) is 1.78. The van der Waals surface area contributed by atoms with E-state index in [1.807, 2.05) is 6.08 Å². The van der Waals surface area contributed by atoms with Gasteiger partial charge in [0.2, 0.25) is 0 Å². The SMILES string of the molecule is CC(=O)C1CCC2C3CCC4=CC(=O)C=CC4(C)C34O[C@H]4CC12C. The van der Waals surface area contributed by atoms with E-state index >= 15 is 0 Å². The molecule has 0 radical (unpaired) electrons. The first-order valence-electron chi connectivity index (χ1n) is 9.45. The highest BCUT2D eigenvalue weighted by Gasteiger charge is 2.78. The monoisotopic (exact) mass is 326 g/mol. The summed E-state index contributed by atoms with van der Waals surface area (Å²) in [4.78, 5) is 24.1. The summed E-state index contributed by atoms with van der Waals surface area (Å²) in [5.41, 5.74) is 1.11. The Kier molecular flexibility index (Phi) is 2.70. The molecule has 0 aromatic carbocycles. The van der Waals surface area contributed by atoms with E-state index in [-0.39, 0.29) is 34.2 Å². The fourth-order valence-corrected chi connectivity index (χ4v) is 7.31. The lowest BCUT2D eigenvalue weighted by molar-refractivity contribution is -0.126. The van der Waals surface area contributed by atoms with E-state index in [1.54, 1.807) is 13.0 Å². The Labute approximate surface area is 143 Å². The zero-order valence-electron chi connectivity index (χ0n) is 14.8. The summed E-state index contributed by atoms with van der Waals surface area (Å²) in [6, 6.07) is 0. The summed E-state index contributed by atoms with van der Waals surface area (Å²) in [6.45, 7) is 6.39. The lowest BCUT2D eigenvalue weighted by atomic mass is 9.47. The highest BCUT2D eigenvalue weighted by Crippen LogP contribution is 2.75. The Morgan fingerprint density at radius 1 is 1.21 bits per heavy atom. The summed E-state index contributed by atoms with van der Waals surface area (Å²) >= 11 is 0. The third-order valence-electron chi connectivity index (χ3n) is 8.42. The third kappa shape index (κ3) is 1.49. The average Bonchev–Trinajstić information content (AvgIpc) is 3.12. The number of rotatable bonds is 1. The normalized spacial score (nSPS) is 54.3. The number of hydrogen-bond acceptors (Lipinski definition) is 3. The first kappa shape index (κ1) is 15.1. The highest BCUT2D eigenvalue weighted by atomic mass is 16.6.